The third-order valence-electron chi connectivity index (χ3n) is 17.0. The summed E-state index contributed by atoms with van der Waals surface area (Å²) in [6.45, 7) is -6.01. The highest BCUT2D eigenvalue weighted by atomic mass is 32.7. The van der Waals surface area contributed by atoms with Gasteiger partial charge in [-0.2, -0.15) is 9.97 Å². The highest BCUT2D eigenvalue weighted by Gasteiger charge is 2.49. The van der Waals surface area contributed by atoms with Crippen molar-refractivity contribution in [1.82, 2.24) is 68.1 Å². The number of nitrogens with zero attached hydrogens (tertiary/aromatic N) is 13. The Balaban J connectivity index is 0.000000184. The number of imidazole rings is 2. The van der Waals surface area contributed by atoms with Gasteiger partial charge in [0, 0.05) is 49.6 Å². The van der Waals surface area contributed by atoms with Gasteiger partial charge in [0.2, 0.25) is 24.3 Å². The fraction of sp³-hybridized carbons (Fsp3) is 0.446. The lowest BCUT2D eigenvalue weighted by Crippen LogP contribution is -2.30. The van der Waals surface area contributed by atoms with Gasteiger partial charge in [-0.25, -0.2) is 41.0 Å². The molecule has 0 aliphatic carbocycles. The summed E-state index contributed by atoms with van der Waals surface area (Å²) in [5, 5.41) is 6.61. The average molecular weight is 1570 g/mol. The summed E-state index contributed by atoms with van der Waals surface area (Å²) in [4.78, 5) is 115. The van der Waals surface area contributed by atoms with Gasteiger partial charge in [-0.05, 0) is 59.7 Å². The van der Waals surface area contributed by atoms with Gasteiger partial charge in [-0.1, -0.05) is 44.3 Å². The number of nitrogens with two attached hydrogens (primary N) is 2. The molecule has 9 aromatic rings. The molecule has 6 aliphatic heterocycles. The van der Waals surface area contributed by atoms with Gasteiger partial charge in [0.05, 0.1) is 74.3 Å². The second-order valence-corrected chi connectivity index (χ2v) is 35.6. The molecule has 8 aromatic heterocycles. The molecule has 0 spiro atoms. The molecule has 546 valence electrons. The molecular formula is C56H63N19O20P4S4. The molecule has 6 aliphatic rings. The molecule has 39 nitrogen and oxygen atoms in total. The Bertz CT molecular complexity index is 5110. The second-order valence-electron chi connectivity index (χ2n) is 24.2. The van der Waals surface area contributed by atoms with Crippen molar-refractivity contribution >= 4 is 154 Å². The smallest absolute Gasteiger partial charge is 0.383 e. The van der Waals surface area contributed by atoms with E-state index in [2.05, 4.69) is 77.6 Å². The number of nitrogens with one attached hydrogen (secondary N) is 4. The van der Waals surface area contributed by atoms with Gasteiger partial charge in [-0.3, -0.25) is 52.6 Å². The molecular weight excluding hydrogens is 1510 g/mol. The van der Waals surface area contributed by atoms with E-state index in [1.807, 2.05) is 6.07 Å². The first-order valence-corrected chi connectivity index (χ1v) is 41.9. The fourth-order valence-corrected chi connectivity index (χ4v) is 18.8. The Hall–Kier alpha value is -6.88. The summed E-state index contributed by atoms with van der Waals surface area (Å²) in [5.41, 5.74) is 12.1. The minimum absolute atomic E-state index is 0.00945. The summed E-state index contributed by atoms with van der Waals surface area (Å²) in [5.74, 6) is -0.743. The number of thiol groups is 1. The number of carbonyl (C=O) groups excluding carboxylic acids is 2. The molecule has 14 heterocycles. The van der Waals surface area contributed by atoms with E-state index in [1.54, 1.807) is 71.8 Å². The van der Waals surface area contributed by atoms with Gasteiger partial charge in [0.15, 0.2) is 34.8 Å². The van der Waals surface area contributed by atoms with E-state index in [1.165, 1.54) is 34.4 Å². The molecule has 6 fully saturated rings. The lowest BCUT2D eigenvalue weighted by Gasteiger charge is -2.29. The minimum Gasteiger partial charge on any atom is -0.383 e. The zero-order valence-corrected chi connectivity index (χ0v) is 60.7. The molecule has 0 saturated carbocycles. The van der Waals surface area contributed by atoms with Crippen LogP contribution >= 0.6 is 39.2 Å². The maximum Gasteiger partial charge on any atom is 0.386 e. The Morgan fingerprint density at radius 2 is 1.23 bits per heavy atom. The first-order chi connectivity index (χ1) is 49.3. The van der Waals surface area contributed by atoms with Crippen molar-refractivity contribution in [2.24, 2.45) is 5.92 Å². The Kier molecular flexibility index (Phi) is 21.1. The predicted octanol–water partition coefficient (Wildman–Crippen LogP) is 5.56. The number of nitrogen functional groups attached to an aromatic ring is 2. The van der Waals surface area contributed by atoms with Gasteiger partial charge >= 0.3 is 27.0 Å². The monoisotopic (exact) mass is 1570 g/mol. The van der Waals surface area contributed by atoms with Crippen LogP contribution in [0.15, 0.2) is 89.8 Å². The number of anilines is 4. The molecule has 6 saturated heterocycles. The number of aromatic nitrogens is 14. The van der Waals surface area contributed by atoms with Crippen LogP contribution in [-0.4, -0.2) is 178 Å². The molecule has 103 heavy (non-hydrogen) atoms. The van der Waals surface area contributed by atoms with E-state index >= 15 is 0 Å². The number of fused-ring (bicyclic) bond motifs is 10. The van der Waals surface area contributed by atoms with Crippen LogP contribution in [0.1, 0.15) is 74.8 Å². The number of carbonyl (C=O) groups is 2. The fourth-order valence-electron chi connectivity index (χ4n) is 12.2. The van der Waals surface area contributed by atoms with Crippen LogP contribution in [-0.2, 0) is 104 Å². The Labute approximate surface area is 601 Å². The number of ether oxygens (including phenoxy) is 4. The quantitative estimate of drug-likeness (QED) is 0.0331. The number of hydrogen-bond donors (Lipinski definition) is 9. The normalized spacial score (nSPS) is 31.3. The summed E-state index contributed by atoms with van der Waals surface area (Å²) < 4.78 is 98.8. The number of aromatic amines is 2. The highest BCUT2D eigenvalue weighted by Crippen LogP contribution is 2.60. The maximum absolute atomic E-state index is 13.5. The van der Waals surface area contributed by atoms with E-state index in [4.69, 9.17) is 113 Å². The molecule has 4 bridgehead atoms. The number of H-pyrrole nitrogens is 2. The van der Waals surface area contributed by atoms with E-state index in [-0.39, 0.29) is 111 Å². The average Bonchev–Trinajstić information content (AvgIpc) is 1.64. The Morgan fingerprint density at radius 3 is 1.88 bits per heavy atom. The predicted molar refractivity (Wildman–Crippen MR) is 377 cm³/mol. The van der Waals surface area contributed by atoms with Crippen molar-refractivity contribution < 1.29 is 83.6 Å². The molecule has 47 heteroatoms. The van der Waals surface area contributed by atoms with Crippen LogP contribution in [0.25, 0.3) is 49.2 Å². The van der Waals surface area contributed by atoms with Gasteiger partial charge < -0.3 is 91.2 Å². The number of amides is 2. The van der Waals surface area contributed by atoms with Crippen molar-refractivity contribution in [3.63, 3.8) is 0 Å². The largest absolute Gasteiger partial charge is 0.386 e. The van der Waals surface area contributed by atoms with Crippen molar-refractivity contribution in [2.45, 2.75) is 113 Å². The highest BCUT2D eigenvalue weighted by molar-refractivity contribution is 8.44. The molecule has 0 radical (unpaired) electrons. The van der Waals surface area contributed by atoms with Crippen LogP contribution in [0.4, 0.5) is 23.5 Å². The molecule has 1 aromatic carbocycles. The summed E-state index contributed by atoms with van der Waals surface area (Å²) in [7, 11) is 0. The zero-order valence-electron chi connectivity index (χ0n) is 53.8. The summed E-state index contributed by atoms with van der Waals surface area (Å²) >= 11 is 21.0. The van der Waals surface area contributed by atoms with Crippen molar-refractivity contribution in [1.29, 1.82) is 0 Å². The van der Waals surface area contributed by atoms with E-state index in [9.17, 15) is 33.5 Å². The van der Waals surface area contributed by atoms with Gasteiger partial charge in [-0.15, -0.1) is 0 Å². The van der Waals surface area contributed by atoms with Crippen molar-refractivity contribution in [3.05, 3.63) is 118 Å². The summed E-state index contributed by atoms with van der Waals surface area (Å²) in [6.07, 6.45) is -0.793. The summed E-state index contributed by atoms with van der Waals surface area (Å²) in [6, 6.07) is 12.2. The number of hydrogen-bond acceptors (Lipinski definition) is 31. The first-order valence-electron chi connectivity index (χ1n) is 31.5. The number of rotatable bonds is 11. The molecule has 10 N–H and O–H groups in total. The van der Waals surface area contributed by atoms with Gasteiger partial charge in [0.1, 0.15) is 79.1 Å². The van der Waals surface area contributed by atoms with Crippen molar-refractivity contribution in [3.8, 4) is 0 Å². The Morgan fingerprint density at radius 1 is 0.670 bits per heavy atom. The first kappa shape index (κ1) is 73.0. The van der Waals surface area contributed by atoms with Crippen LogP contribution in [0.3, 0.4) is 0 Å². The number of benzene rings is 1. The maximum atomic E-state index is 13.5. The van der Waals surface area contributed by atoms with Crippen LogP contribution in [0.5, 0.6) is 0 Å². The van der Waals surface area contributed by atoms with Crippen LogP contribution in [0.2, 0.25) is 0 Å². The minimum atomic E-state index is -4.07. The molecule has 2 amide bonds. The zero-order chi connectivity index (χ0) is 72.3. The van der Waals surface area contributed by atoms with E-state index in [0.29, 0.717) is 39.3 Å². The topological polar surface area (TPSA) is 481 Å². The van der Waals surface area contributed by atoms with E-state index in [0.717, 1.165) is 0 Å². The molecule has 15 rings (SSSR count). The SMILES string of the molecule is Nc1nc2c(ncn2[C@@H]2O[C@@H]3COP(O)(=S)O[C@H]4C[C@H](n5ccc6c(N)ncnc65)O[C@@H]4COP(=O)(S)O[C@@H]2C3)c(=O)[nH]1.[C-]#[N+]CCOP1(=S)OC[C@@H]2C[C@@H](OP(O)(=S)OC[C@H]3O[C@@H](n4ccc5c(NC(=O)c6ccccc6)ncnc54)C[C@@H]3O1)[C@H](n1cnc3c(=O)[nH]c(NC(=O)C(C)C)nc31)O2. The van der Waals surface area contributed by atoms with Gasteiger partial charge in [0.25, 0.3) is 17.0 Å². The third kappa shape index (κ3) is 16.0. The second kappa shape index (κ2) is 29.8. The molecule has 4 unspecified atom stereocenters. The van der Waals surface area contributed by atoms with Crippen LogP contribution in [0, 0.1) is 12.5 Å². The third-order valence-corrected chi connectivity index (χ3v) is 24.2. The van der Waals surface area contributed by atoms with Crippen molar-refractivity contribution in [2.75, 3.05) is 61.7 Å². The van der Waals surface area contributed by atoms with E-state index < -0.39 is 118 Å². The lowest BCUT2D eigenvalue weighted by molar-refractivity contribution is -0.119. The standard InChI is InChI=1S/C35H38N10O11P2S2.C21H25N9O9P2S2/c1-19(2)31(46)42-35-41-30-27(33(48)43-35)39-18-45(30)34-24-13-21(53-34)15-52-58(60,50-12-10-36-3)56-23-14-26(54-25(23)16-51-57(49,59)55-24)44-11-9-22-28(37-17-38-29(22)44)40-32(47)20-7-5-4-6-8-20;22-16-10-1-2-29(17(10)25-7-24-16)14-4-11-13(37-14)6-35-41(33,43)39-12-3-9(5-34-40(32,42)38-11)36-20(12)30-8-26-15-18(30)27-21(23)28-19(15)31/h4-9,11,17-19,21,23-26,34H,10,12-16H2,1-2H3,(H,49,59)(H,37,38,40,47)(H2,41,42,43,46,48);1-2,7-9,11-14,20H,3-6H2,(H,32,42)(H,33,43)(H2,22,24,25)(H3,23,27,28,31)/t21-,23-,24+,25+,26+,34+,57?,58?;9-,11-,12+,13+,14+,20+,40?,41?/m00/s1. The lowest BCUT2D eigenvalue weighted by atomic mass is 10.2. The van der Waals surface area contributed by atoms with Crippen LogP contribution < -0.4 is 33.2 Å². The molecule has 16 atom stereocenters.